The molecule has 0 nitrogen and oxygen atoms in total. The highest BCUT2D eigenvalue weighted by atomic mass is 14.2. The summed E-state index contributed by atoms with van der Waals surface area (Å²) in [6.45, 7) is 6.73. The Bertz CT molecular complexity index is 370. The number of benzene rings is 1. The molecule has 0 bridgehead atoms. The normalized spacial score (nSPS) is 15.3. The third-order valence-electron chi connectivity index (χ3n) is 3.07. The predicted molar refractivity (Wildman–Crippen MR) is 62.3 cm³/mol. The van der Waals surface area contributed by atoms with Gasteiger partial charge in [-0.15, -0.1) is 0 Å². The van der Waals surface area contributed by atoms with Gasteiger partial charge in [-0.1, -0.05) is 49.3 Å². The molecule has 0 spiro atoms. The summed E-state index contributed by atoms with van der Waals surface area (Å²) in [5.74, 6) is 0.698. The van der Waals surface area contributed by atoms with Crippen LogP contribution < -0.4 is 0 Å². The lowest BCUT2D eigenvalue weighted by atomic mass is 9.86. The van der Waals surface area contributed by atoms with E-state index in [1.807, 2.05) is 0 Å². The molecule has 1 aliphatic carbocycles. The van der Waals surface area contributed by atoms with Gasteiger partial charge in [-0.3, -0.25) is 0 Å². The highest BCUT2D eigenvalue weighted by Gasteiger charge is 2.12. The summed E-state index contributed by atoms with van der Waals surface area (Å²) in [7, 11) is 0. The lowest BCUT2D eigenvalue weighted by Crippen LogP contribution is -2.03. The topological polar surface area (TPSA) is 0 Å². The standard InChI is InChI=1S/C14H18/c1-10(2)13-7-6-12-5-4-11(3)8-14(12)9-13/h4-5,8-10H,6-7H2,1-3H3. The van der Waals surface area contributed by atoms with Crippen LogP contribution in [0.3, 0.4) is 0 Å². The van der Waals surface area contributed by atoms with Crippen LogP contribution in [0, 0.1) is 12.8 Å². The van der Waals surface area contributed by atoms with E-state index in [4.69, 9.17) is 0 Å². The lowest BCUT2D eigenvalue weighted by molar-refractivity contribution is 0.709. The molecule has 0 amide bonds. The first kappa shape index (κ1) is 9.51. The van der Waals surface area contributed by atoms with Gasteiger partial charge in [0.05, 0.1) is 0 Å². The maximum atomic E-state index is 2.39. The van der Waals surface area contributed by atoms with Crippen molar-refractivity contribution < 1.29 is 0 Å². The summed E-state index contributed by atoms with van der Waals surface area (Å²) in [6.07, 6.45) is 4.85. The van der Waals surface area contributed by atoms with Gasteiger partial charge in [-0.25, -0.2) is 0 Å². The van der Waals surface area contributed by atoms with Crippen molar-refractivity contribution in [3.8, 4) is 0 Å². The Labute approximate surface area is 86.7 Å². The Morgan fingerprint density at radius 3 is 2.64 bits per heavy atom. The van der Waals surface area contributed by atoms with Gasteiger partial charge in [-0.2, -0.15) is 0 Å². The first-order chi connectivity index (χ1) is 6.66. The number of hydrogen-bond donors (Lipinski definition) is 0. The van der Waals surface area contributed by atoms with Crippen molar-refractivity contribution in [2.24, 2.45) is 5.92 Å². The van der Waals surface area contributed by atoms with Crippen LogP contribution in [0.2, 0.25) is 0 Å². The van der Waals surface area contributed by atoms with Crippen molar-refractivity contribution in [3.05, 3.63) is 40.5 Å². The molecule has 0 saturated heterocycles. The van der Waals surface area contributed by atoms with E-state index in [0.717, 1.165) is 0 Å². The van der Waals surface area contributed by atoms with E-state index in [1.165, 1.54) is 29.5 Å². The second kappa shape index (κ2) is 3.61. The molecular weight excluding hydrogens is 168 g/mol. The van der Waals surface area contributed by atoms with Gasteiger partial charge >= 0.3 is 0 Å². The van der Waals surface area contributed by atoms with Crippen LogP contribution in [0.4, 0.5) is 0 Å². The molecule has 0 atom stereocenters. The van der Waals surface area contributed by atoms with Crippen LogP contribution in [0.15, 0.2) is 23.8 Å². The predicted octanol–water partition coefficient (Wildman–Crippen LogP) is 3.98. The SMILES string of the molecule is Cc1ccc2c(c1)C=C(C(C)C)CC2. The number of allylic oxidation sites excluding steroid dienone is 1. The Morgan fingerprint density at radius 1 is 1.14 bits per heavy atom. The first-order valence-corrected chi connectivity index (χ1v) is 5.47. The van der Waals surface area contributed by atoms with Crippen LogP contribution >= 0.6 is 0 Å². The van der Waals surface area contributed by atoms with Gasteiger partial charge in [0.15, 0.2) is 0 Å². The van der Waals surface area contributed by atoms with E-state index in [2.05, 4.69) is 45.0 Å². The molecule has 0 saturated carbocycles. The van der Waals surface area contributed by atoms with Crippen molar-refractivity contribution in [2.75, 3.05) is 0 Å². The van der Waals surface area contributed by atoms with Gasteiger partial charge in [0.2, 0.25) is 0 Å². The van der Waals surface area contributed by atoms with Crippen LogP contribution in [0.1, 0.15) is 37.0 Å². The monoisotopic (exact) mass is 186 g/mol. The minimum absolute atomic E-state index is 0.698. The molecule has 0 aliphatic heterocycles. The van der Waals surface area contributed by atoms with E-state index >= 15 is 0 Å². The van der Waals surface area contributed by atoms with Crippen molar-refractivity contribution in [2.45, 2.75) is 33.6 Å². The van der Waals surface area contributed by atoms with Gasteiger partial charge < -0.3 is 0 Å². The highest BCUT2D eigenvalue weighted by Crippen LogP contribution is 2.28. The molecule has 74 valence electrons. The zero-order valence-electron chi connectivity index (χ0n) is 9.30. The summed E-state index contributed by atoms with van der Waals surface area (Å²) < 4.78 is 0. The second-order valence-corrected chi connectivity index (χ2v) is 4.58. The molecule has 0 heteroatoms. The van der Waals surface area contributed by atoms with Gasteiger partial charge in [-0.05, 0) is 36.8 Å². The summed E-state index contributed by atoms with van der Waals surface area (Å²) in [4.78, 5) is 0. The van der Waals surface area contributed by atoms with E-state index < -0.39 is 0 Å². The summed E-state index contributed by atoms with van der Waals surface area (Å²) >= 11 is 0. The summed E-state index contributed by atoms with van der Waals surface area (Å²) in [5, 5.41) is 0. The van der Waals surface area contributed by atoms with Gasteiger partial charge in [0.1, 0.15) is 0 Å². The molecule has 0 aromatic heterocycles. The molecule has 0 radical (unpaired) electrons. The van der Waals surface area contributed by atoms with Crippen LogP contribution in [0.25, 0.3) is 6.08 Å². The van der Waals surface area contributed by atoms with Crippen molar-refractivity contribution in [3.63, 3.8) is 0 Å². The third kappa shape index (κ3) is 1.75. The minimum atomic E-state index is 0.698. The van der Waals surface area contributed by atoms with E-state index in [1.54, 1.807) is 5.57 Å². The van der Waals surface area contributed by atoms with Gasteiger partial charge in [0, 0.05) is 0 Å². The average Bonchev–Trinajstić information content (AvgIpc) is 2.16. The number of fused-ring (bicyclic) bond motifs is 1. The van der Waals surface area contributed by atoms with Crippen LogP contribution in [-0.4, -0.2) is 0 Å². The number of hydrogen-bond acceptors (Lipinski definition) is 0. The van der Waals surface area contributed by atoms with E-state index in [0.29, 0.717) is 5.92 Å². The quantitative estimate of drug-likeness (QED) is 0.622. The molecule has 1 aliphatic rings. The van der Waals surface area contributed by atoms with Crippen molar-refractivity contribution in [1.29, 1.82) is 0 Å². The zero-order valence-corrected chi connectivity index (χ0v) is 9.30. The fraction of sp³-hybridized carbons (Fsp3) is 0.429. The molecule has 0 heterocycles. The Balaban J connectivity index is 2.42. The maximum absolute atomic E-state index is 2.39. The summed E-state index contributed by atoms with van der Waals surface area (Å²) in [6, 6.07) is 6.79. The molecule has 0 unspecified atom stereocenters. The van der Waals surface area contributed by atoms with Gasteiger partial charge in [0.25, 0.3) is 0 Å². The van der Waals surface area contributed by atoms with E-state index in [9.17, 15) is 0 Å². The molecule has 1 aromatic rings. The molecular formula is C14H18. The number of rotatable bonds is 1. The fourth-order valence-electron chi connectivity index (χ4n) is 2.08. The third-order valence-corrected chi connectivity index (χ3v) is 3.07. The second-order valence-electron chi connectivity index (χ2n) is 4.58. The lowest BCUT2D eigenvalue weighted by Gasteiger charge is -2.19. The van der Waals surface area contributed by atoms with Crippen molar-refractivity contribution in [1.82, 2.24) is 0 Å². The Morgan fingerprint density at radius 2 is 1.93 bits per heavy atom. The highest BCUT2D eigenvalue weighted by molar-refractivity contribution is 5.60. The molecule has 0 fully saturated rings. The van der Waals surface area contributed by atoms with E-state index in [-0.39, 0.29) is 0 Å². The largest absolute Gasteiger partial charge is 0.0667 e. The minimum Gasteiger partial charge on any atom is -0.0667 e. The first-order valence-electron chi connectivity index (χ1n) is 5.47. The van der Waals surface area contributed by atoms with Crippen LogP contribution in [-0.2, 0) is 6.42 Å². The molecule has 2 rings (SSSR count). The fourth-order valence-corrected chi connectivity index (χ4v) is 2.08. The molecule has 1 aromatic carbocycles. The molecule has 0 N–H and O–H groups in total. The Hall–Kier alpha value is -1.04. The summed E-state index contributed by atoms with van der Waals surface area (Å²) in [5.41, 5.74) is 5.92. The average molecular weight is 186 g/mol. The molecule has 14 heavy (non-hydrogen) atoms. The number of aryl methyl sites for hydroxylation is 2. The zero-order chi connectivity index (χ0) is 10.1. The van der Waals surface area contributed by atoms with Crippen LogP contribution in [0.5, 0.6) is 0 Å². The maximum Gasteiger partial charge on any atom is -0.0222 e. The van der Waals surface area contributed by atoms with Crippen molar-refractivity contribution >= 4 is 6.08 Å². The Kier molecular flexibility index (Phi) is 2.45. The smallest absolute Gasteiger partial charge is 0.0222 e.